The molecule has 0 bridgehead atoms. The first kappa shape index (κ1) is 11.2. The number of hydrogen-bond donors (Lipinski definition) is 1. The van der Waals surface area contributed by atoms with Gasteiger partial charge >= 0.3 is 0 Å². The van der Waals surface area contributed by atoms with Gasteiger partial charge in [0.25, 0.3) is 5.56 Å². The molecule has 0 aromatic carbocycles. The molecule has 0 atom stereocenters. The van der Waals surface area contributed by atoms with Crippen molar-refractivity contribution in [1.29, 1.82) is 0 Å². The number of aromatic nitrogens is 4. The fourth-order valence-corrected chi connectivity index (χ4v) is 2.95. The van der Waals surface area contributed by atoms with Gasteiger partial charge in [0, 0.05) is 13.2 Å². The monoisotopic (exact) mass is 260 g/mol. The first-order valence-corrected chi connectivity index (χ1v) is 6.42. The Balaban J connectivity index is 2.31. The molecule has 0 radical (unpaired) electrons. The van der Waals surface area contributed by atoms with Crippen LogP contribution in [0.5, 0.6) is 0 Å². The smallest absolute Gasteiger partial charge is 0.260 e. The average molecular weight is 260 g/mol. The highest BCUT2D eigenvalue weighted by atomic mass is 32.1. The topological polar surface area (TPSA) is 63.6 Å². The molecule has 3 aromatic rings. The molecule has 6 heteroatoms. The van der Waals surface area contributed by atoms with Crippen LogP contribution in [0.15, 0.2) is 16.4 Å². The summed E-state index contributed by atoms with van der Waals surface area (Å²) in [7, 11) is 1.89. The van der Waals surface area contributed by atoms with Crippen molar-refractivity contribution in [3.05, 3.63) is 33.2 Å². The Hall–Kier alpha value is -1.95. The summed E-state index contributed by atoms with van der Waals surface area (Å²) in [5.41, 5.74) is 1.76. The van der Waals surface area contributed by atoms with Gasteiger partial charge in [0.1, 0.15) is 4.83 Å². The molecule has 0 fully saturated rings. The van der Waals surface area contributed by atoms with E-state index in [2.05, 4.69) is 15.0 Å². The maximum Gasteiger partial charge on any atom is 0.260 e. The first-order valence-electron chi connectivity index (χ1n) is 5.54. The van der Waals surface area contributed by atoms with Crippen LogP contribution in [0, 0.1) is 13.8 Å². The van der Waals surface area contributed by atoms with Gasteiger partial charge in [-0.05, 0) is 24.8 Å². The van der Waals surface area contributed by atoms with Crippen LogP contribution >= 0.6 is 11.3 Å². The number of H-pyrrole nitrogens is 1. The largest absolute Gasteiger partial charge is 0.331 e. The third-order valence-electron chi connectivity index (χ3n) is 2.84. The van der Waals surface area contributed by atoms with Crippen molar-refractivity contribution >= 4 is 21.6 Å². The summed E-state index contributed by atoms with van der Waals surface area (Å²) in [6, 6.07) is 0. The summed E-state index contributed by atoms with van der Waals surface area (Å²) in [5, 5.41) is 2.62. The van der Waals surface area contributed by atoms with Crippen molar-refractivity contribution in [3.8, 4) is 11.6 Å². The van der Waals surface area contributed by atoms with Crippen molar-refractivity contribution in [2.45, 2.75) is 13.8 Å². The molecule has 1 N–H and O–H groups in total. The molecule has 3 aromatic heterocycles. The predicted octanol–water partition coefficient (Wildman–Crippen LogP) is 2.00. The Morgan fingerprint density at radius 2 is 2.11 bits per heavy atom. The van der Waals surface area contributed by atoms with Crippen molar-refractivity contribution < 1.29 is 0 Å². The molecule has 3 heterocycles. The summed E-state index contributed by atoms with van der Waals surface area (Å²) in [4.78, 5) is 24.5. The average Bonchev–Trinajstić information content (AvgIpc) is 2.82. The molecule has 92 valence electrons. The molecule has 0 aliphatic heterocycles. The summed E-state index contributed by atoms with van der Waals surface area (Å²) < 4.78 is 1.86. The summed E-state index contributed by atoms with van der Waals surface area (Å²) in [6.45, 7) is 3.83. The second kappa shape index (κ2) is 3.78. The van der Waals surface area contributed by atoms with Gasteiger partial charge in [-0.2, -0.15) is 0 Å². The van der Waals surface area contributed by atoms with Crippen LogP contribution in [-0.2, 0) is 7.05 Å². The third kappa shape index (κ3) is 1.57. The van der Waals surface area contributed by atoms with Gasteiger partial charge in [0.2, 0.25) is 0 Å². The number of aromatic amines is 1. The maximum absolute atomic E-state index is 12.0. The molecular weight excluding hydrogens is 248 g/mol. The van der Waals surface area contributed by atoms with Crippen molar-refractivity contribution in [2.24, 2.45) is 7.05 Å². The number of thiophene rings is 1. The summed E-state index contributed by atoms with van der Waals surface area (Å²) >= 11 is 1.48. The molecule has 0 unspecified atom stereocenters. The Morgan fingerprint density at radius 3 is 2.78 bits per heavy atom. The van der Waals surface area contributed by atoms with E-state index in [4.69, 9.17) is 0 Å². The zero-order valence-electron chi connectivity index (χ0n) is 10.3. The number of hydrogen-bond acceptors (Lipinski definition) is 4. The van der Waals surface area contributed by atoms with Gasteiger partial charge in [0.15, 0.2) is 11.6 Å². The van der Waals surface area contributed by atoms with Gasteiger partial charge < -0.3 is 9.55 Å². The minimum atomic E-state index is -0.102. The Kier molecular flexibility index (Phi) is 2.34. The highest BCUT2D eigenvalue weighted by Crippen LogP contribution is 2.22. The lowest BCUT2D eigenvalue weighted by molar-refractivity contribution is 0.907. The van der Waals surface area contributed by atoms with Gasteiger partial charge in [-0.1, -0.05) is 0 Å². The van der Waals surface area contributed by atoms with Crippen LogP contribution in [0.3, 0.4) is 0 Å². The van der Waals surface area contributed by atoms with E-state index >= 15 is 0 Å². The van der Waals surface area contributed by atoms with E-state index < -0.39 is 0 Å². The number of nitrogens with zero attached hydrogens (tertiary/aromatic N) is 3. The van der Waals surface area contributed by atoms with Gasteiger partial charge in [-0.3, -0.25) is 4.79 Å². The number of rotatable bonds is 1. The molecule has 0 saturated heterocycles. The van der Waals surface area contributed by atoms with Crippen molar-refractivity contribution in [2.75, 3.05) is 0 Å². The minimum Gasteiger partial charge on any atom is -0.331 e. The zero-order valence-corrected chi connectivity index (χ0v) is 11.1. The minimum absolute atomic E-state index is 0.102. The number of imidazole rings is 1. The zero-order chi connectivity index (χ0) is 12.9. The lowest BCUT2D eigenvalue weighted by Crippen LogP contribution is -2.10. The SMILES string of the molecule is Cc1cn(C)c(-c2nc3scc(C)c3c(=O)[nH]2)n1. The molecule has 5 nitrogen and oxygen atoms in total. The van der Waals surface area contributed by atoms with E-state index in [0.717, 1.165) is 16.1 Å². The fraction of sp³-hybridized carbons (Fsp3) is 0.250. The van der Waals surface area contributed by atoms with E-state index in [9.17, 15) is 4.79 Å². The van der Waals surface area contributed by atoms with Crippen molar-refractivity contribution in [1.82, 2.24) is 19.5 Å². The van der Waals surface area contributed by atoms with Crippen LogP contribution in [0.25, 0.3) is 21.9 Å². The third-order valence-corrected chi connectivity index (χ3v) is 3.83. The number of fused-ring (bicyclic) bond motifs is 1. The van der Waals surface area contributed by atoms with Crippen molar-refractivity contribution in [3.63, 3.8) is 0 Å². The van der Waals surface area contributed by atoms with E-state index in [1.807, 2.05) is 37.0 Å². The van der Waals surface area contributed by atoms with E-state index in [1.54, 1.807) is 0 Å². The standard InChI is InChI=1S/C12H12N4OS/c1-6-5-18-12-8(6)11(17)14-9(15-12)10-13-7(2)4-16(10)3/h4-5H,1-3H3,(H,14,15,17). The van der Waals surface area contributed by atoms with Crippen LogP contribution in [0.1, 0.15) is 11.3 Å². The second-order valence-electron chi connectivity index (χ2n) is 4.33. The summed E-state index contributed by atoms with van der Waals surface area (Å²) in [5.74, 6) is 1.20. The highest BCUT2D eigenvalue weighted by molar-refractivity contribution is 7.16. The molecule has 18 heavy (non-hydrogen) atoms. The fourth-order valence-electron chi connectivity index (χ4n) is 2.03. The van der Waals surface area contributed by atoms with Crippen LogP contribution in [0.2, 0.25) is 0 Å². The molecule has 0 aliphatic rings. The van der Waals surface area contributed by atoms with Gasteiger partial charge in [-0.15, -0.1) is 11.3 Å². The van der Waals surface area contributed by atoms with Gasteiger partial charge in [0.05, 0.1) is 11.1 Å². The van der Waals surface area contributed by atoms with E-state index in [1.165, 1.54) is 11.3 Å². The Labute approximate surface area is 107 Å². The lowest BCUT2D eigenvalue weighted by Gasteiger charge is -2.00. The summed E-state index contributed by atoms with van der Waals surface area (Å²) in [6.07, 6.45) is 1.90. The number of nitrogens with one attached hydrogen (secondary N) is 1. The Bertz CT molecular complexity index is 796. The Morgan fingerprint density at radius 1 is 1.33 bits per heavy atom. The predicted molar refractivity (Wildman–Crippen MR) is 71.9 cm³/mol. The normalized spacial score (nSPS) is 11.3. The van der Waals surface area contributed by atoms with Crippen LogP contribution in [-0.4, -0.2) is 19.5 Å². The van der Waals surface area contributed by atoms with E-state index in [0.29, 0.717) is 17.0 Å². The molecule has 0 amide bonds. The quantitative estimate of drug-likeness (QED) is 0.728. The number of aryl methyl sites for hydroxylation is 3. The van der Waals surface area contributed by atoms with Gasteiger partial charge in [-0.25, -0.2) is 9.97 Å². The maximum atomic E-state index is 12.0. The molecule has 0 aliphatic carbocycles. The molecule has 0 spiro atoms. The lowest BCUT2D eigenvalue weighted by atomic mass is 10.3. The molecule has 3 rings (SSSR count). The highest BCUT2D eigenvalue weighted by Gasteiger charge is 2.13. The van der Waals surface area contributed by atoms with Crippen LogP contribution in [0.4, 0.5) is 0 Å². The first-order chi connectivity index (χ1) is 8.56. The second-order valence-corrected chi connectivity index (χ2v) is 5.19. The van der Waals surface area contributed by atoms with Crippen LogP contribution < -0.4 is 5.56 Å². The molecule has 0 saturated carbocycles. The molecular formula is C12H12N4OS. The van der Waals surface area contributed by atoms with E-state index in [-0.39, 0.29) is 5.56 Å².